The number of carbonyl (C=O) groups excluding carboxylic acids is 1. The maximum atomic E-state index is 11.9. The molecule has 2 fully saturated rings. The van der Waals surface area contributed by atoms with Crippen LogP contribution in [0.4, 0.5) is 0 Å². The first-order valence-corrected chi connectivity index (χ1v) is 8.28. The van der Waals surface area contributed by atoms with E-state index in [4.69, 9.17) is 0 Å². The van der Waals surface area contributed by atoms with Crippen molar-refractivity contribution in [3.05, 3.63) is 0 Å². The molecule has 116 valence electrons. The summed E-state index contributed by atoms with van der Waals surface area (Å²) in [6, 6.07) is 0.577. The number of likely N-dealkylation sites (tertiary alicyclic amines) is 1. The zero-order chi connectivity index (χ0) is 14.4. The van der Waals surface area contributed by atoms with Crippen LogP contribution in [-0.2, 0) is 4.79 Å². The van der Waals surface area contributed by atoms with Crippen LogP contribution in [0.3, 0.4) is 0 Å². The van der Waals surface area contributed by atoms with Crippen molar-refractivity contribution in [3.8, 4) is 0 Å². The molecule has 2 N–H and O–H groups in total. The highest BCUT2D eigenvalue weighted by Gasteiger charge is 2.30. The molecule has 2 aliphatic rings. The quantitative estimate of drug-likeness (QED) is 0.784. The Morgan fingerprint density at radius 2 is 2.05 bits per heavy atom. The lowest BCUT2D eigenvalue weighted by molar-refractivity contribution is -0.121. The van der Waals surface area contributed by atoms with Crippen LogP contribution >= 0.6 is 0 Å². The molecule has 0 spiro atoms. The van der Waals surface area contributed by atoms with Gasteiger partial charge in [-0.05, 0) is 52.1 Å². The number of amides is 1. The number of nitrogens with one attached hydrogen (secondary N) is 1. The molecule has 1 saturated carbocycles. The Morgan fingerprint density at radius 3 is 2.75 bits per heavy atom. The number of hydrogen-bond acceptors (Lipinski definition) is 3. The van der Waals surface area contributed by atoms with Crippen LogP contribution in [0.2, 0.25) is 0 Å². The minimum absolute atomic E-state index is 0.144. The first-order chi connectivity index (χ1) is 9.59. The van der Waals surface area contributed by atoms with Crippen molar-refractivity contribution in [1.82, 2.24) is 10.2 Å². The van der Waals surface area contributed by atoms with Gasteiger partial charge in [-0.15, -0.1) is 0 Å². The normalized spacial score (nSPS) is 26.6. The SMILES string of the molecule is CN1CCCC[C@H]1CCC(=O)NCCC1(O)CCCC1. The smallest absolute Gasteiger partial charge is 0.220 e. The zero-order valence-electron chi connectivity index (χ0n) is 12.9. The Balaban J connectivity index is 1.58. The Bertz CT molecular complexity index is 314. The summed E-state index contributed by atoms with van der Waals surface area (Å²) in [6.45, 7) is 1.79. The third-order valence-electron chi connectivity index (χ3n) is 5.07. The van der Waals surface area contributed by atoms with E-state index in [0.29, 0.717) is 25.4 Å². The number of carbonyl (C=O) groups is 1. The van der Waals surface area contributed by atoms with Gasteiger partial charge in [-0.1, -0.05) is 19.3 Å². The average Bonchev–Trinajstić information content (AvgIpc) is 2.85. The van der Waals surface area contributed by atoms with E-state index in [0.717, 1.165) is 32.1 Å². The van der Waals surface area contributed by atoms with E-state index >= 15 is 0 Å². The predicted octanol–water partition coefficient (Wildman–Crippen LogP) is 2.06. The van der Waals surface area contributed by atoms with Crippen molar-refractivity contribution in [1.29, 1.82) is 0 Å². The molecule has 1 aliphatic carbocycles. The van der Waals surface area contributed by atoms with Gasteiger partial charge in [0.2, 0.25) is 5.91 Å². The van der Waals surface area contributed by atoms with Crippen LogP contribution in [0, 0.1) is 0 Å². The molecule has 2 rings (SSSR count). The van der Waals surface area contributed by atoms with Gasteiger partial charge >= 0.3 is 0 Å². The molecule has 0 bridgehead atoms. The first kappa shape index (κ1) is 15.8. The molecule has 1 atom stereocenters. The van der Waals surface area contributed by atoms with Crippen molar-refractivity contribution in [2.45, 2.75) is 75.9 Å². The van der Waals surface area contributed by atoms with E-state index in [1.807, 2.05) is 0 Å². The molecular weight excluding hydrogens is 252 g/mol. The third-order valence-corrected chi connectivity index (χ3v) is 5.07. The molecule has 1 aliphatic heterocycles. The summed E-state index contributed by atoms with van der Waals surface area (Å²) in [7, 11) is 2.16. The topological polar surface area (TPSA) is 52.6 Å². The second kappa shape index (κ2) is 7.41. The molecule has 0 aromatic heterocycles. The Kier molecular flexibility index (Phi) is 5.85. The van der Waals surface area contributed by atoms with Gasteiger partial charge < -0.3 is 15.3 Å². The number of aliphatic hydroxyl groups is 1. The van der Waals surface area contributed by atoms with E-state index in [9.17, 15) is 9.90 Å². The van der Waals surface area contributed by atoms with Gasteiger partial charge in [0.25, 0.3) is 0 Å². The molecular formula is C16H30N2O2. The van der Waals surface area contributed by atoms with Crippen LogP contribution in [0.25, 0.3) is 0 Å². The Labute approximate surface area is 122 Å². The van der Waals surface area contributed by atoms with Gasteiger partial charge in [-0.3, -0.25) is 4.79 Å². The second-order valence-electron chi connectivity index (χ2n) is 6.70. The maximum Gasteiger partial charge on any atom is 0.220 e. The van der Waals surface area contributed by atoms with Gasteiger partial charge in [0, 0.05) is 19.0 Å². The van der Waals surface area contributed by atoms with Crippen LogP contribution in [0.15, 0.2) is 0 Å². The standard InChI is InChI=1S/C16H30N2O2/c1-18-13-5-2-6-14(18)7-8-15(19)17-12-11-16(20)9-3-4-10-16/h14,20H,2-13H2,1H3,(H,17,19)/t14-/m0/s1. The average molecular weight is 282 g/mol. The summed E-state index contributed by atoms with van der Waals surface area (Å²) >= 11 is 0. The fourth-order valence-electron chi connectivity index (χ4n) is 3.61. The lowest BCUT2D eigenvalue weighted by Crippen LogP contribution is -2.38. The molecule has 20 heavy (non-hydrogen) atoms. The minimum atomic E-state index is -0.503. The van der Waals surface area contributed by atoms with E-state index in [2.05, 4.69) is 17.3 Å². The van der Waals surface area contributed by atoms with Crippen molar-refractivity contribution in [3.63, 3.8) is 0 Å². The predicted molar refractivity (Wildman–Crippen MR) is 80.5 cm³/mol. The Morgan fingerprint density at radius 1 is 1.30 bits per heavy atom. The highest BCUT2D eigenvalue weighted by Crippen LogP contribution is 2.31. The summed E-state index contributed by atoms with van der Waals surface area (Å²) in [6.07, 6.45) is 10.1. The lowest BCUT2D eigenvalue weighted by atomic mass is 9.97. The number of piperidine rings is 1. The summed E-state index contributed by atoms with van der Waals surface area (Å²) in [5.74, 6) is 0.144. The van der Waals surface area contributed by atoms with Crippen molar-refractivity contribution in [2.75, 3.05) is 20.1 Å². The molecule has 1 amide bonds. The molecule has 0 unspecified atom stereocenters. The summed E-state index contributed by atoms with van der Waals surface area (Å²) in [4.78, 5) is 14.2. The molecule has 0 aromatic rings. The zero-order valence-corrected chi connectivity index (χ0v) is 12.9. The van der Waals surface area contributed by atoms with Crippen molar-refractivity contribution < 1.29 is 9.90 Å². The molecule has 0 radical (unpaired) electrons. The fraction of sp³-hybridized carbons (Fsp3) is 0.938. The minimum Gasteiger partial charge on any atom is -0.390 e. The monoisotopic (exact) mass is 282 g/mol. The Hall–Kier alpha value is -0.610. The van der Waals surface area contributed by atoms with Gasteiger partial charge in [-0.2, -0.15) is 0 Å². The molecule has 1 saturated heterocycles. The third kappa shape index (κ3) is 4.74. The number of rotatable bonds is 6. The number of nitrogens with zero attached hydrogens (tertiary/aromatic N) is 1. The van der Waals surface area contributed by atoms with Crippen LogP contribution < -0.4 is 5.32 Å². The summed E-state index contributed by atoms with van der Waals surface area (Å²) < 4.78 is 0. The van der Waals surface area contributed by atoms with Crippen molar-refractivity contribution >= 4 is 5.91 Å². The maximum absolute atomic E-state index is 11.9. The van der Waals surface area contributed by atoms with Crippen LogP contribution in [0.5, 0.6) is 0 Å². The summed E-state index contributed by atoms with van der Waals surface area (Å²) in [5.41, 5.74) is -0.503. The van der Waals surface area contributed by atoms with Crippen LogP contribution in [-0.4, -0.2) is 47.7 Å². The van der Waals surface area contributed by atoms with Gasteiger partial charge in [-0.25, -0.2) is 0 Å². The second-order valence-corrected chi connectivity index (χ2v) is 6.70. The van der Waals surface area contributed by atoms with Crippen LogP contribution in [0.1, 0.15) is 64.2 Å². The fourth-order valence-corrected chi connectivity index (χ4v) is 3.61. The van der Waals surface area contributed by atoms with Gasteiger partial charge in [0.15, 0.2) is 0 Å². The van der Waals surface area contributed by atoms with Crippen molar-refractivity contribution in [2.24, 2.45) is 0 Å². The largest absolute Gasteiger partial charge is 0.390 e. The highest BCUT2D eigenvalue weighted by atomic mass is 16.3. The van der Waals surface area contributed by atoms with Gasteiger partial charge in [0.05, 0.1) is 5.60 Å². The van der Waals surface area contributed by atoms with E-state index < -0.39 is 5.60 Å². The van der Waals surface area contributed by atoms with E-state index in [1.54, 1.807) is 0 Å². The van der Waals surface area contributed by atoms with E-state index in [1.165, 1.54) is 25.8 Å². The van der Waals surface area contributed by atoms with Gasteiger partial charge in [0.1, 0.15) is 0 Å². The molecule has 4 heteroatoms. The molecule has 0 aromatic carbocycles. The number of hydrogen-bond donors (Lipinski definition) is 2. The lowest BCUT2D eigenvalue weighted by Gasteiger charge is -2.32. The highest BCUT2D eigenvalue weighted by molar-refractivity contribution is 5.75. The molecule has 1 heterocycles. The molecule has 4 nitrogen and oxygen atoms in total. The first-order valence-electron chi connectivity index (χ1n) is 8.28. The summed E-state index contributed by atoms with van der Waals surface area (Å²) in [5, 5.41) is 13.2. The van der Waals surface area contributed by atoms with E-state index in [-0.39, 0.29) is 5.91 Å².